The number of rotatable bonds is 1. The van der Waals surface area contributed by atoms with Gasteiger partial charge in [-0.2, -0.15) is 0 Å². The summed E-state index contributed by atoms with van der Waals surface area (Å²) in [4.78, 5) is 2.24. The highest BCUT2D eigenvalue weighted by atomic mass is 19.1. The number of nitrogens with zero attached hydrogens (tertiary/aromatic N) is 1. The highest BCUT2D eigenvalue weighted by molar-refractivity contribution is 6.62. The molecule has 5 heteroatoms. The Bertz CT molecular complexity index is 558. The van der Waals surface area contributed by atoms with E-state index in [1.807, 2.05) is 33.8 Å². The van der Waals surface area contributed by atoms with Gasteiger partial charge in [0.2, 0.25) is 0 Å². The van der Waals surface area contributed by atoms with Crippen molar-refractivity contribution in [1.82, 2.24) is 4.90 Å². The van der Waals surface area contributed by atoms with E-state index in [4.69, 9.17) is 9.31 Å². The molecule has 0 saturated carbocycles. The fourth-order valence-electron chi connectivity index (χ4n) is 2.89. The molecule has 0 radical (unpaired) electrons. The fourth-order valence-corrected chi connectivity index (χ4v) is 2.89. The number of hydrogen-bond donors (Lipinski definition) is 0. The van der Waals surface area contributed by atoms with Gasteiger partial charge in [-0.1, -0.05) is 6.07 Å². The number of halogens is 1. The Morgan fingerprint density at radius 1 is 1.10 bits per heavy atom. The highest BCUT2D eigenvalue weighted by Crippen LogP contribution is 2.36. The van der Waals surface area contributed by atoms with Gasteiger partial charge >= 0.3 is 7.12 Å². The van der Waals surface area contributed by atoms with Gasteiger partial charge in [0.25, 0.3) is 0 Å². The third-order valence-electron chi connectivity index (χ3n) is 5.03. The zero-order chi connectivity index (χ0) is 15.4. The minimum absolute atomic E-state index is 0.225. The molecule has 1 fully saturated rings. The van der Waals surface area contributed by atoms with Crippen LogP contribution in [-0.2, 0) is 22.3 Å². The van der Waals surface area contributed by atoms with Gasteiger partial charge in [0.15, 0.2) is 0 Å². The quantitative estimate of drug-likeness (QED) is 0.740. The maximum atomic E-state index is 14.5. The lowest BCUT2D eigenvalue weighted by atomic mass is 9.76. The summed E-state index contributed by atoms with van der Waals surface area (Å²) in [6.45, 7) is 9.76. The van der Waals surface area contributed by atoms with E-state index in [1.54, 1.807) is 6.07 Å². The highest BCUT2D eigenvalue weighted by Gasteiger charge is 2.52. The van der Waals surface area contributed by atoms with Gasteiger partial charge in [-0.25, -0.2) is 4.39 Å². The number of fused-ring (bicyclic) bond motifs is 1. The van der Waals surface area contributed by atoms with Crippen LogP contribution in [0.25, 0.3) is 0 Å². The molecule has 0 unspecified atom stereocenters. The molecule has 0 spiro atoms. The van der Waals surface area contributed by atoms with E-state index in [0.717, 1.165) is 25.1 Å². The van der Waals surface area contributed by atoms with Gasteiger partial charge in [-0.05, 0) is 58.4 Å². The van der Waals surface area contributed by atoms with Crippen molar-refractivity contribution in [2.45, 2.75) is 51.9 Å². The summed E-state index contributed by atoms with van der Waals surface area (Å²) < 4.78 is 26.4. The van der Waals surface area contributed by atoms with Crippen molar-refractivity contribution in [1.29, 1.82) is 0 Å². The molecule has 0 amide bonds. The number of benzene rings is 1. The Hall–Kier alpha value is -0.905. The van der Waals surface area contributed by atoms with Gasteiger partial charge in [0.05, 0.1) is 11.2 Å². The van der Waals surface area contributed by atoms with E-state index in [9.17, 15) is 4.39 Å². The third-order valence-corrected chi connectivity index (χ3v) is 5.03. The van der Waals surface area contributed by atoms with Crippen LogP contribution in [0.3, 0.4) is 0 Å². The summed E-state index contributed by atoms with van der Waals surface area (Å²) in [7, 11) is 1.45. The molecule has 1 saturated heterocycles. The molecule has 3 rings (SSSR count). The van der Waals surface area contributed by atoms with E-state index in [1.165, 1.54) is 5.56 Å². The summed E-state index contributed by atoms with van der Waals surface area (Å²) in [5.41, 5.74) is 1.90. The van der Waals surface area contributed by atoms with Crippen LogP contribution in [0.4, 0.5) is 4.39 Å². The molecule has 2 aliphatic heterocycles. The minimum atomic E-state index is -0.632. The zero-order valence-corrected chi connectivity index (χ0v) is 13.5. The standard InChI is InChI=1S/C16H23BFNO2/c1-15(2)16(3,4)21-17(20-15)13-8-12-10-19(5)7-6-11(12)9-14(13)18/h8-9H,6-7,10H2,1-5H3. The summed E-state index contributed by atoms with van der Waals surface area (Å²) in [5.74, 6) is -0.225. The van der Waals surface area contributed by atoms with Crippen LogP contribution in [0.5, 0.6) is 0 Å². The molecule has 0 N–H and O–H groups in total. The maximum absolute atomic E-state index is 14.5. The Balaban J connectivity index is 1.95. The van der Waals surface area contributed by atoms with Crippen LogP contribution < -0.4 is 5.46 Å². The van der Waals surface area contributed by atoms with Gasteiger partial charge in [0, 0.05) is 18.6 Å². The van der Waals surface area contributed by atoms with Crippen LogP contribution in [0.15, 0.2) is 12.1 Å². The zero-order valence-electron chi connectivity index (χ0n) is 13.5. The Kier molecular flexibility index (Phi) is 3.43. The lowest BCUT2D eigenvalue weighted by Crippen LogP contribution is -2.41. The topological polar surface area (TPSA) is 21.7 Å². The predicted octanol–water partition coefficient (Wildman–Crippen LogP) is 2.11. The average molecular weight is 291 g/mol. The van der Waals surface area contributed by atoms with Crippen LogP contribution in [0.2, 0.25) is 0 Å². The average Bonchev–Trinajstić information content (AvgIpc) is 2.58. The fraction of sp³-hybridized carbons (Fsp3) is 0.625. The van der Waals surface area contributed by atoms with Crippen molar-refractivity contribution in [2.75, 3.05) is 13.6 Å². The van der Waals surface area contributed by atoms with Crippen LogP contribution >= 0.6 is 0 Å². The monoisotopic (exact) mass is 291 g/mol. The van der Waals surface area contributed by atoms with Crippen molar-refractivity contribution < 1.29 is 13.7 Å². The first-order valence-electron chi connectivity index (χ1n) is 7.55. The third kappa shape index (κ3) is 2.52. The molecule has 1 aromatic rings. The molecule has 2 aliphatic rings. The molecule has 3 nitrogen and oxygen atoms in total. The summed E-state index contributed by atoms with van der Waals surface area (Å²) in [6.07, 6.45) is 0.895. The molecule has 0 aromatic heterocycles. The first-order chi connectivity index (χ1) is 9.69. The normalized spacial score (nSPS) is 24.2. The van der Waals surface area contributed by atoms with E-state index >= 15 is 0 Å². The second-order valence-corrected chi connectivity index (χ2v) is 7.22. The molecule has 21 heavy (non-hydrogen) atoms. The van der Waals surface area contributed by atoms with Gasteiger partial charge < -0.3 is 14.2 Å². The summed E-state index contributed by atoms with van der Waals surface area (Å²) in [6, 6.07) is 3.57. The molecule has 2 heterocycles. The Morgan fingerprint density at radius 3 is 2.33 bits per heavy atom. The molecule has 1 aromatic carbocycles. The van der Waals surface area contributed by atoms with Crippen molar-refractivity contribution >= 4 is 12.6 Å². The maximum Gasteiger partial charge on any atom is 0.497 e. The molecular weight excluding hydrogens is 268 g/mol. The summed E-state index contributed by atoms with van der Waals surface area (Å²) >= 11 is 0. The van der Waals surface area contributed by atoms with Crippen LogP contribution in [0, 0.1) is 5.82 Å². The van der Waals surface area contributed by atoms with Crippen molar-refractivity contribution in [3.8, 4) is 0 Å². The van der Waals surface area contributed by atoms with Crippen LogP contribution in [-0.4, -0.2) is 36.8 Å². The molecule has 0 aliphatic carbocycles. The largest absolute Gasteiger partial charge is 0.497 e. The Morgan fingerprint density at radius 2 is 1.71 bits per heavy atom. The van der Waals surface area contributed by atoms with Crippen molar-refractivity contribution in [2.24, 2.45) is 0 Å². The number of hydrogen-bond acceptors (Lipinski definition) is 3. The second kappa shape index (κ2) is 4.80. The van der Waals surface area contributed by atoms with E-state index in [2.05, 4.69) is 11.9 Å². The van der Waals surface area contributed by atoms with Crippen molar-refractivity contribution in [3.05, 3.63) is 29.1 Å². The van der Waals surface area contributed by atoms with E-state index in [0.29, 0.717) is 5.46 Å². The van der Waals surface area contributed by atoms with Gasteiger partial charge in [0.1, 0.15) is 5.82 Å². The van der Waals surface area contributed by atoms with Crippen molar-refractivity contribution in [3.63, 3.8) is 0 Å². The second-order valence-electron chi connectivity index (χ2n) is 7.22. The lowest BCUT2D eigenvalue weighted by Gasteiger charge is -2.32. The lowest BCUT2D eigenvalue weighted by molar-refractivity contribution is 0.00578. The Labute approximate surface area is 126 Å². The van der Waals surface area contributed by atoms with Gasteiger partial charge in [-0.3, -0.25) is 0 Å². The van der Waals surface area contributed by atoms with Gasteiger partial charge in [-0.15, -0.1) is 0 Å². The van der Waals surface area contributed by atoms with E-state index in [-0.39, 0.29) is 5.82 Å². The van der Waals surface area contributed by atoms with E-state index < -0.39 is 18.3 Å². The smallest absolute Gasteiger partial charge is 0.399 e. The molecule has 0 bridgehead atoms. The molecule has 114 valence electrons. The predicted molar refractivity (Wildman–Crippen MR) is 82.2 cm³/mol. The summed E-state index contributed by atoms with van der Waals surface area (Å²) in [5, 5.41) is 0. The molecule has 0 atom stereocenters. The van der Waals surface area contributed by atoms with Crippen LogP contribution in [0.1, 0.15) is 38.8 Å². The SMILES string of the molecule is CN1CCc2cc(F)c(B3OC(C)(C)C(C)(C)O3)cc2C1. The first-order valence-corrected chi connectivity index (χ1v) is 7.55. The minimum Gasteiger partial charge on any atom is -0.399 e. The molecular formula is C16H23BFNO2. The number of likely N-dealkylation sites (N-methyl/N-ethyl adjacent to an activating group) is 1. The first kappa shape index (κ1) is 15.0.